The fourth-order valence-electron chi connectivity index (χ4n) is 1.58. The fraction of sp³-hybridized carbons (Fsp3) is 0.182. The number of ketones is 2. The molecule has 0 fully saturated rings. The summed E-state index contributed by atoms with van der Waals surface area (Å²) in [5.74, 6) is -0.345. The van der Waals surface area contributed by atoms with Crippen molar-refractivity contribution in [1.82, 2.24) is 9.38 Å². The molecule has 0 N–H and O–H groups in total. The highest BCUT2D eigenvalue weighted by molar-refractivity contribution is 6.05. The molecule has 4 nitrogen and oxygen atoms in total. The molecule has 2 heterocycles. The molecule has 15 heavy (non-hydrogen) atoms. The van der Waals surface area contributed by atoms with E-state index >= 15 is 0 Å². The molecule has 0 aromatic carbocycles. The Kier molecular flexibility index (Phi) is 2.11. The zero-order chi connectivity index (χ0) is 11.0. The van der Waals surface area contributed by atoms with E-state index in [4.69, 9.17) is 0 Å². The topological polar surface area (TPSA) is 51.4 Å². The Labute approximate surface area is 86.6 Å². The van der Waals surface area contributed by atoms with Crippen LogP contribution in [-0.4, -0.2) is 21.0 Å². The zero-order valence-corrected chi connectivity index (χ0v) is 8.52. The van der Waals surface area contributed by atoms with Crippen molar-refractivity contribution in [2.75, 3.05) is 0 Å². The lowest BCUT2D eigenvalue weighted by Gasteiger charge is -1.97. The molecule has 2 rings (SSSR count). The second kappa shape index (κ2) is 3.31. The van der Waals surface area contributed by atoms with Gasteiger partial charge in [-0.1, -0.05) is 6.07 Å². The lowest BCUT2D eigenvalue weighted by atomic mass is 10.2. The molecule has 0 aliphatic heterocycles. The van der Waals surface area contributed by atoms with E-state index in [0.29, 0.717) is 11.3 Å². The van der Waals surface area contributed by atoms with Gasteiger partial charge in [-0.15, -0.1) is 0 Å². The van der Waals surface area contributed by atoms with E-state index in [2.05, 4.69) is 4.98 Å². The number of nitrogens with zero attached hydrogens (tertiary/aromatic N) is 2. The molecule has 0 aliphatic rings. The highest BCUT2D eigenvalue weighted by atomic mass is 16.1. The second-order valence-electron chi connectivity index (χ2n) is 3.35. The number of rotatable bonds is 2. The number of carbonyl (C=O) groups excluding carboxylic acids is 2. The van der Waals surface area contributed by atoms with Crippen LogP contribution in [-0.2, 0) is 0 Å². The Morgan fingerprint density at radius 3 is 2.53 bits per heavy atom. The quantitative estimate of drug-likeness (QED) is 0.697. The summed E-state index contributed by atoms with van der Waals surface area (Å²) in [6, 6.07) is 5.38. The van der Waals surface area contributed by atoms with Gasteiger partial charge < -0.3 is 0 Å². The number of hydrogen-bond acceptors (Lipinski definition) is 3. The van der Waals surface area contributed by atoms with Crippen molar-refractivity contribution in [3.05, 3.63) is 35.8 Å². The van der Waals surface area contributed by atoms with Crippen molar-refractivity contribution in [3.8, 4) is 0 Å². The number of hydrogen-bond donors (Lipinski definition) is 0. The first-order chi connectivity index (χ1) is 7.11. The molecule has 4 heteroatoms. The van der Waals surface area contributed by atoms with E-state index in [-0.39, 0.29) is 17.3 Å². The molecule has 0 amide bonds. The molecular formula is C11H10N2O2. The number of imidazole rings is 1. The first kappa shape index (κ1) is 9.58. The molecule has 0 radical (unpaired) electrons. The number of carbonyl (C=O) groups is 2. The van der Waals surface area contributed by atoms with Gasteiger partial charge in [-0.3, -0.25) is 14.0 Å². The van der Waals surface area contributed by atoms with E-state index < -0.39 is 0 Å². The van der Waals surface area contributed by atoms with Gasteiger partial charge in [-0.2, -0.15) is 0 Å². The first-order valence-electron chi connectivity index (χ1n) is 4.60. The summed E-state index contributed by atoms with van der Waals surface area (Å²) in [4.78, 5) is 26.9. The number of aromatic nitrogens is 2. The number of pyridine rings is 1. The Hall–Kier alpha value is -1.97. The Bertz CT molecular complexity index is 555. The van der Waals surface area contributed by atoms with E-state index in [1.165, 1.54) is 13.8 Å². The highest BCUT2D eigenvalue weighted by Crippen LogP contribution is 2.13. The van der Waals surface area contributed by atoms with Crippen molar-refractivity contribution in [2.24, 2.45) is 0 Å². The molecular weight excluding hydrogens is 192 g/mol. The molecule has 0 aliphatic carbocycles. The molecule has 0 unspecified atom stereocenters. The SMILES string of the molecule is CC(=O)c1nc2ccccn2c1C(C)=O. The maximum Gasteiger partial charge on any atom is 0.180 e. The van der Waals surface area contributed by atoms with Gasteiger partial charge in [0.15, 0.2) is 11.6 Å². The van der Waals surface area contributed by atoms with Crippen LogP contribution in [0.1, 0.15) is 34.8 Å². The minimum absolute atomic E-state index is 0.154. The van der Waals surface area contributed by atoms with Crippen LogP contribution in [0.5, 0.6) is 0 Å². The van der Waals surface area contributed by atoms with Gasteiger partial charge >= 0.3 is 0 Å². The van der Waals surface area contributed by atoms with E-state index in [9.17, 15) is 9.59 Å². The lowest BCUT2D eigenvalue weighted by Crippen LogP contribution is -2.05. The Balaban J connectivity index is 2.86. The molecule has 0 saturated heterocycles. The molecule has 76 valence electrons. The van der Waals surface area contributed by atoms with Crippen LogP contribution in [0.3, 0.4) is 0 Å². The van der Waals surface area contributed by atoms with Gasteiger partial charge in [0, 0.05) is 20.0 Å². The van der Waals surface area contributed by atoms with Crippen LogP contribution >= 0.6 is 0 Å². The maximum absolute atomic E-state index is 11.4. The van der Waals surface area contributed by atoms with Crippen LogP contribution in [0.25, 0.3) is 5.65 Å². The largest absolute Gasteiger partial charge is 0.296 e. The van der Waals surface area contributed by atoms with E-state index in [1.54, 1.807) is 22.7 Å². The van der Waals surface area contributed by atoms with Crippen molar-refractivity contribution >= 4 is 17.2 Å². The summed E-state index contributed by atoms with van der Waals surface area (Å²) in [7, 11) is 0. The monoisotopic (exact) mass is 202 g/mol. The number of fused-ring (bicyclic) bond motifs is 1. The Morgan fingerprint density at radius 2 is 1.93 bits per heavy atom. The highest BCUT2D eigenvalue weighted by Gasteiger charge is 2.18. The average Bonchev–Trinajstić information content (AvgIpc) is 2.56. The fourth-order valence-corrected chi connectivity index (χ4v) is 1.58. The smallest absolute Gasteiger partial charge is 0.180 e. The van der Waals surface area contributed by atoms with Crippen molar-refractivity contribution < 1.29 is 9.59 Å². The minimum Gasteiger partial charge on any atom is -0.296 e. The molecule has 2 aromatic heterocycles. The predicted octanol–water partition coefficient (Wildman–Crippen LogP) is 1.74. The van der Waals surface area contributed by atoms with Crippen LogP contribution in [0.2, 0.25) is 0 Å². The number of Topliss-reactive ketones (excluding diaryl/α,β-unsaturated/α-hetero) is 2. The van der Waals surface area contributed by atoms with Crippen molar-refractivity contribution in [3.63, 3.8) is 0 Å². The summed E-state index contributed by atoms with van der Waals surface area (Å²) in [5.41, 5.74) is 1.22. The third-order valence-electron chi connectivity index (χ3n) is 2.20. The predicted molar refractivity (Wildman–Crippen MR) is 55.2 cm³/mol. The first-order valence-corrected chi connectivity index (χ1v) is 4.60. The normalized spacial score (nSPS) is 10.5. The van der Waals surface area contributed by atoms with E-state index in [1.807, 2.05) is 6.07 Å². The lowest BCUT2D eigenvalue weighted by molar-refractivity contribution is 0.0975. The molecule has 0 atom stereocenters. The van der Waals surface area contributed by atoms with Gasteiger partial charge in [-0.05, 0) is 12.1 Å². The minimum atomic E-state index is -0.191. The molecule has 0 spiro atoms. The summed E-state index contributed by atoms with van der Waals surface area (Å²) < 4.78 is 1.64. The third kappa shape index (κ3) is 1.44. The van der Waals surface area contributed by atoms with E-state index in [0.717, 1.165) is 0 Å². The van der Waals surface area contributed by atoms with Crippen molar-refractivity contribution in [1.29, 1.82) is 0 Å². The average molecular weight is 202 g/mol. The van der Waals surface area contributed by atoms with Gasteiger partial charge in [0.05, 0.1) is 0 Å². The molecule has 0 saturated carbocycles. The van der Waals surface area contributed by atoms with Gasteiger partial charge in [0.1, 0.15) is 17.0 Å². The summed E-state index contributed by atoms with van der Waals surface area (Å²) in [5, 5.41) is 0. The Morgan fingerprint density at radius 1 is 1.20 bits per heavy atom. The van der Waals surface area contributed by atoms with Gasteiger partial charge in [-0.25, -0.2) is 4.98 Å². The standard InChI is InChI=1S/C11H10N2O2/c1-7(14)10-11(8(2)15)13-6-4-3-5-9(13)12-10/h3-6H,1-2H3. The van der Waals surface area contributed by atoms with Crippen LogP contribution in [0.15, 0.2) is 24.4 Å². The third-order valence-corrected chi connectivity index (χ3v) is 2.20. The molecule has 2 aromatic rings. The van der Waals surface area contributed by atoms with Crippen LogP contribution < -0.4 is 0 Å². The van der Waals surface area contributed by atoms with Crippen molar-refractivity contribution in [2.45, 2.75) is 13.8 Å². The maximum atomic E-state index is 11.4. The summed E-state index contributed by atoms with van der Waals surface area (Å²) in [6.45, 7) is 2.84. The van der Waals surface area contributed by atoms with Crippen LogP contribution in [0.4, 0.5) is 0 Å². The molecule has 0 bridgehead atoms. The zero-order valence-electron chi connectivity index (χ0n) is 8.52. The van der Waals surface area contributed by atoms with Gasteiger partial charge in [0.25, 0.3) is 0 Å². The van der Waals surface area contributed by atoms with Gasteiger partial charge in [0.2, 0.25) is 0 Å². The van der Waals surface area contributed by atoms with Crippen LogP contribution in [0, 0.1) is 0 Å². The second-order valence-corrected chi connectivity index (χ2v) is 3.35. The summed E-state index contributed by atoms with van der Waals surface area (Å²) >= 11 is 0. The summed E-state index contributed by atoms with van der Waals surface area (Å²) in [6.07, 6.45) is 1.73.